The molecule has 0 saturated heterocycles. The fraction of sp³-hybridized carbons (Fsp3) is 0.158. The molecule has 128 valence electrons. The van der Waals surface area contributed by atoms with Gasteiger partial charge in [0.2, 0.25) is 0 Å². The molecule has 25 heavy (non-hydrogen) atoms. The van der Waals surface area contributed by atoms with Crippen LogP contribution >= 0.6 is 0 Å². The van der Waals surface area contributed by atoms with Crippen LogP contribution in [0.2, 0.25) is 0 Å². The number of fused-ring (bicyclic) bond motifs is 1. The molecule has 0 aliphatic rings. The minimum Gasteiger partial charge on any atom is -0.496 e. The quantitative estimate of drug-likeness (QED) is 0.768. The molecule has 0 fully saturated rings. The van der Waals surface area contributed by atoms with Gasteiger partial charge in [0.25, 0.3) is 11.8 Å². The van der Waals surface area contributed by atoms with Gasteiger partial charge in [-0.2, -0.15) is 0 Å². The zero-order chi connectivity index (χ0) is 18.0. The molecule has 3 aromatic rings. The summed E-state index contributed by atoms with van der Waals surface area (Å²) in [5.41, 5.74) is 2.24. The highest BCUT2D eigenvalue weighted by molar-refractivity contribution is 6.12. The van der Waals surface area contributed by atoms with E-state index in [9.17, 15) is 9.59 Å². The van der Waals surface area contributed by atoms with Crippen molar-refractivity contribution in [1.82, 2.24) is 9.88 Å². The summed E-state index contributed by atoms with van der Waals surface area (Å²) < 4.78 is 5.24. The number of H-pyrrole nitrogens is 1. The molecule has 6 nitrogen and oxygen atoms in total. The highest BCUT2D eigenvalue weighted by Gasteiger charge is 2.17. The van der Waals surface area contributed by atoms with Gasteiger partial charge in [0.15, 0.2) is 0 Å². The first-order valence-electron chi connectivity index (χ1n) is 7.78. The number of benzene rings is 2. The van der Waals surface area contributed by atoms with Gasteiger partial charge in [0.05, 0.1) is 23.8 Å². The van der Waals surface area contributed by atoms with Crippen molar-refractivity contribution in [3.8, 4) is 5.75 Å². The number of hydrogen-bond acceptors (Lipinski definition) is 3. The molecular formula is C19H19N3O3. The van der Waals surface area contributed by atoms with Gasteiger partial charge < -0.3 is 19.9 Å². The largest absolute Gasteiger partial charge is 0.496 e. The second kappa shape index (κ2) is 6.68. The summed E-state index contributed by atoms with van der Waals surface area (Å²) in [7, 11) is 4.84. The van der Waals surface area contributed by atoms with Crippen LogP contribution in [-0.2, 0) is 0 Å². The Balaban J connectivity index is 1.92. The lowest BCUT2D eigenvalue weighted by molar-refractivity contribution is 0.0824. The van der Waals surface area contributed by atoms with Crippen LogP contribution in [0.4, 0.5) is 5.69 Å². The number of ether oxygens (including phenoxy) is 1. The van der Waals surface area contributed by atoms with Gasteiger partial charge >= 0.3 is 0 Å². The van der Waals surface area contributed by atoms with Crippen molar-refractivity contribution in [2.45, 2.75) is 0 Å². The fourth-order valence-corrected chi connectivity index (χ4v) is 2.67. The Hall–Kier alpha value is -3.28. The van der Waals surface area contributed by atoms with Gasteiger partial charge in [-0.05, 0) is 30.3 Å². The number of para-hydroxylation sites is 1. The minimum absolute atomic E-state index is 0.195. The normalized spacial score (nSPS) is 10.5. The Labute approximate surface area is 145 Å². The molecule has 0 saturated carbocycles. The Morgan fingerprint density at radius 1 is 1.08 bits per heavy atom. The highest BCUT2D eigenvalue weighted by Crippen LogP contribution is 2.25. The lowest BCUT2D eigenvalue weighted by Crippen LogP contribution is -2.22. The number of aromatic amines is 1. The van der Waals surface area contributed by atoms with Crippen LogP contribution in [0, 0.1) is 0 Å². The first-order chi connectivity index (χ1) is 12.0. The Bertz CT molecular complexity index is 944. The molecule has 0 atom stereocenters. The topological polar surface area (TPSA) is 74.4 Å². The summed E-state index contributed by atoms with van der Waals surface area (Å²) in [6.45, 7) is 0. The number of nitrogens with one attached hydrogen (secondary N) is 2. The monoisotopic (exact) mass is 337 g/mol. The van der Waals surface area contributed by atoms with E-state index in [1.807, 2.05) is 18.2 Å². The highest BCUT2D eigenvalue weighted by atomic mass is 16.5. The first-order valence-corrected chi connectivity index (χ1v) is 7.78. The SMILES string of the molecule is COc1ccc(NC(=O)c2cccc3cc[nH]c23)cc1C(=O)N(C)C. The molecule has 2 N–H and O–H groups in total. The van der Waals surface area contributed by atoms with Gasteiger partial charge in [-0.3, -0.25) is 9.59 Å². The van der Waals surface area contributed by atoms with Crippen LogP contribution in [0.25, 0.3) is 10.9 Å². The van der Waals surface area contributed by atoms with E-state index in [2.05, 4.69) is 10.3 Å². The van der Waals surface area contributed by atoms with Crippen molar-refractivity contribution in [2.75, 3.05) is 26.5 Å². The van der Waals surface area contributed by atoms with Crippen molar-refractivity contribution < 1.29 is 14.3 Å². The minimum atomic E-state index is -0.249. The third-order valence-electron chi connectivity index (χ3n) is 3.93. The molecule has 6 heteroatoms. The number of methoxy groups -OCH3 is 1. The van der Waals surface area contributed by atoms with E-state index >= 15 is 0 Å². The standard InChI is InChI=1S/C19H19N3O3/c1-22(2)19(24)15-11-13(7-8-16(15)25-3)21-18(23)14-6-4-5-12-9-10-20-17(12)14/h4-11,20H,1-3H3,(H,21,23). The van der Waals surface area contributed by atoms with Crippen LogP contribution in [0.15, 0.2) is 48.7 Å². The van der Waals surface area contributed by atoms with Gasteiger partial charge in [-0.1, -0.05) is 12.1 Å². The molecule has 1 heterocycles. The smallest absolute Gasteiger partial charge is 0.257 e. The lowest BCUT2D eigenvalue weighted by atomic mass is 10.1. The van der Waals surface area contributed by atoms with Gasteiger partial charge in [-0.15, -0.1) is 0 Å². The zero-order valence-corrected chi connectivity index (χ0v) is 14.3. The molecule has 0 aliphatic carbocycles. The number of rotatable bonds is 4. The van der Waals surface area contributed by atoms with Crippen molar-refractivity contribution in [3.63, 3.8) is 0 Å². The van der Waals surface area contributed by atoms with Crippen LogP contribution in [-0.4, -0.2) is 42.9 Å². The second-order valence-electron chi connectivity index (χ2n) is 5.82. The predicted molar refractivity (Wildman–Crippen MR) is 97.3 cm³/mol. The summed E-state index contributed by atoms with van der Waals surface area (Å²) in [6.07, 6.45) is 1.79. The van der Waals surface area contributed by atoms with Gasteiger partial charge in [0.1, 0.15) is 5.75 Å². The third kappa shape index (κ3) is 3.19. The first kappa shape index (κ1) is 16.6. The predicted octanol–water partition coefficient (Wildman–Crippen LogP) is 3.13. The molecule has 0 radical (unpaired) electrons. The average molecular weight is 337 g/mol. The summed E-state index contributed by atoms with van der Waals surface area (Å²) in [6, 6.07) is 12.4. The second-order valence-corrected chi connectivity index (χ2v) is 5.82. The van der Waals surface area contributed by atoms with E-state index in [0.717, 1.165) is 10.9 Å². The van der Waals surface area contributed by atoms with Crippen LogP contribution in [0.3, 0.4) is 0 Å². The van der Waals surface area contributed by atoms with E-state index in [-0.39, 0.29) is 11.8 Å². The van der Waals surface area contributed by atoms with Crippen molar-refractivity contribution >= 4 is 28.4 Å². The number of nitrogens with zero attached hydrogens (tertiary/aromatic N) is 1. The molecule has 0 bridgehead atoms. The average Bonchev–Trinajstić information content (AvgIpc) is 3.09. The summed E-state index contributed by atoms with van der Waals surface area (Å²) in [5.74, 6) is 0.0176. The number of anilines is 1. The Kier molecular flexibility index (Phi) is 4.43. The maximum Gasteiger partial charge on any atom is 0.257 e. The van der Waals surface area contributed by atoms with Gasteiger partial charge in [-0.25, -0.2) is 0 Å². The van der Waals surface area contributed by atoms with E-state index in [1.165, 1.54) is 12.0 Å². The van der Waals surface area contributed by atoms with Crippen LogP contribution < -0.4 is 10.1 Å². The van der Waals surface area contributed by atoms with E-state index in [1.54, 1.807) is 44.6 Å². The maximum atomic E-state index is 12.6. The number of carbonyl (C=O) groups is 2. The zero-order valence-electron chi connectivity index (χ0n) is 14.3. The van der Waals surface area contributed by atoms with Crippen LogP contribution in [0.1, 0.15) is 20.7 Å². The number of amides is 2. The van der Waals surface area contributed by atoms with Crippen molar-refractivity contribution in [1.29, 1.82) is 0 Å². The maximum absolute atomic E-state index is 12.6. The summed E-state index contributed by atoms with van der Waals surface area (Å²) in [4.78, 5) is 29.5. The lowest BCUT2D eigenvalue weighted by Gasteiger charge is -2.15. The molecule has 3 rings (SSSR count). The molecule has 0 aliphatic heterocycles. The van der Waals surface area contributed by atoms with Crippen molar-refractivity contribution in [2.24, 2.45) is 0 Å². The van der Waals surface area contributed by atoms with Crippen molar-refractivity contribution in [3.05, 3.63) is 59.8 Å². The van der Waals surface area contributed by atoms with E-state index in [0.29, 0.717) is 22.6 Å². The van der Waals surface area contributed by atoms with Gasteiger partial charge in [0, 0.05) is 31.4 Å². The molecule has 2 aromatic carbocycles. The Morgan fingerprint density at radius 2 is 1.88 bits per heavy atom. The fourth-order valence-electron chi connectivity index (χ4n) is 2.67. The molecule has 0 unspecified atom stereocenters. The summed E-state index contributed by atoms with van der Waals surface area (Å²) >= 11 is 0. The molecule has 0 spiro atoms. The van der Waals surface area contributed by atoms with E-state index < -0.39 is 0 Å². The summed E-state index contributed by atoms with van der Waals surface area (Å²) in [5, 5.41) is 3.80. The van der Waals surface area contributed by atoms with Crippen LogP contribution in [0.5, 0.6) is 5.75 Å². The molecule has 2 amide bonds. The number of aromatic nitrogens is 1. The number of hydrogen-bond donors (Lipinski definition) is 2. The molecular weight excluding hydrogens is 318 g/mol. The number of carbonyl (C=O) groups excluding carboxylic acids is 2. The third-order valence-corrected chi connectivity index (χ3v) is 3.93. The van der Waals surface area contributed by atoms with E-state index in [4.69, 9.17) is 4.74 Å². The molecule has 1 aromatic heterocycles. The Morgan fingerprint density at radius 3 is 2.60 bits per heavy atom.